The fraction of sp³-hybridized carbons (Fsp3) is 0.733. The lowest BCUT2D eigenvalue weighted by Crippen LogP contribution is -2.55. The Morgan fingerprint density at radius 2 is 1.64 bits per heavy atom. The van der Waals surface area contributed by atoms with E-state index in [4.69, 9.17) is 9.84 Å². The van der Waals surface area contributed by atoms with Crippen molar-refractivity contribution in [2.24, 2.45) is 0 Å². The Morgan fingerprint density at radius 3 is 2.23 bits per heavy atom. The number of Topliss-reactive ketones (excluding diaryl/α,β-unsaturated/α-hetero) is 1. The minimum absolute atomic E-state index is 0.0132. The van der Waals surface area contributed by atoms with Crippen molar-refractivity contribution >= 4 is 11.8 Å². The number of allylic oxidation sites excluding steroid dienone is 4. The minimum Gasteiger partial charge on any atom is -0.394 e. The number of ether oxygens (including phenoxy) is 1. The van der Waals surface area contributed by atoms with Gasteiger partial charge in [-0.25, -0.2) is 4.79 Å². The summed E-state index contributed by atoms with van der Waals surface area (Å²) in [4.78, 5) is 25.4. The molecule has 0 bridgehead atoms. The number of hydrogen-bond donors (Lipinski definition) is 3. The van der Waals surface area contributed by atoms with Crippen LogP contribution in [0.2, 0.25) is 0 Å². The van der Waals surface area contributed by atoms with Gasteiger partial charge in [0.25, 0.3) is 0 Å². The Kier molecular flexibility index (Phi) is 15.5. The number of urea groups is 1. The highest BCUT2D eigenvalue weighted by atomic mass is 19.3. The van der Waals surface area contributed by atoms with Crippen LogP contribution in [0, 0.1) is 0 Å². The number of aliphatic hydroxyl groups is 2. The third-order valence-electron chi connectivity index (χ3n) is 7.19. The highest BCUT2D eigenvalue weighted by Gasteiger charge is 2.61. The molecule has 3 N–H and O–H groups in total. The van der Waals surface area contributed by atoms with Crippen molar-refractivity contribution < 1.29 is 33.3 Å². The van der Waals surface area contributed by atoms with E-state index in [-0.39, 0.29) is 12.2 Å². The number of alkyl halides is 2. The number of hydrogen-bond acceptors (Lipinski definition) is 5. The first kappa shape index (κ1) is 33.1. The van der Waals surface area contributed by atoms with Gasteiger partial charge in [-0.05, 0) is 44.6 Å². The second kappa shape index (κ2) is 18.3. The molecule has 0 saturated carbocycles. The van der Waals surface area contributed by atoms with Crippen molar-refractivity contribution in [1.29, 1.82) is 0 Å². The van der Waals surface area contributed by atoms with Gasteiger partial charge in [-0.2, -0.15) is 8.78 Å². The minimum atomic E-state index is -3.74. The molecule has 0 radical (unpaired) electrons. The standard InChI is InChI=1S/C30H48F2N2O5/c1-2-3-4-5-6-7-8-9-10-11-12-13-14-15-16-17-18-19-25(36)22-24-20-21-34(29(38)33-24)28-30(31,32)27(37)26(23-35)39-28/h6-7,9-10,20-21,24,26-28,35,37H,2-5,8,11-19,22-23H2,1H3,(H,33,38)/b7-6-,10-9-/t24?,26-,27-,28-/m1/s1. The Bertz CT molecular complexity index is 817. The number of unbranched alkanes of at least 4 members (excludes halogenated alkanes) is 10. The monoisotopic (exact) mass is 554 g/mol. The molecule has 2 aliphatic rings. The van der Waals surface area contributed by atoms with Crippen LogP contribution in [-0.4, -0.2) is 63.9 Å². The van der Waals surface area contributed by atoms with Crippen molar-refractivity contribution in [2.45, 2.75) is 134 Å². The third kappa shape index (κ3) is 11.5. The van der Waals surface area contributed by atoms with E-state index >= 15 is 0 Å². The van der Waals surface area contributed by atoms with E-state index in [1.807, 2.05) is 0 Å². The molecule has 1 saturated heterocycles. The van der Waals surface area contributed by atoms with E-state index in [1.54, 1.807) is 0 Å². The van der Waals surface area contributed by atoms with Gasteiger partial charge in [0, 0.05) is 19.0 Å². The van der Waals surface area contributed by atoms with E-state index in [9.17, 15) is 23.5 Å². The van der Waals surface area contributed by atoms with Crippen LogP contribution in [0.25, 0.3) is 0 Å². The highest BCUT2D eigenvalue weighted by molar-refractivity contribution is 5.82. The maximum atomic E-state index is 14.3. The number of halogens is 2. The third-order valence-corrected chi connectivity index (χ3v) is 7.19. The van der Waals surface area contributed by atoms with Gasteiger partial charge in [0.05, 0.1) is 12.6 Å². The Hall–Kier alpha value is -2.10. The van der Waals surface area contributed by atoms with Crippen LogP contribution >= 0.6 is 0 Å². The van der Waals surface area contributed by atoms with Crippen LogP contribution in [0.5, 0.6) is 0 Å². The largest absolute Gasteiger partial charge is 0.394 e. The fourth-order valence-corrected chi connectivity index (χ4v) is 4.80. The van der Waals surface area contributed by atoms with Crippen molar-refractivity contribution in [3.05, 3.63) is 36.6 Å². The lowest BCUT2D eigenvalue weighted by atomic mass is 10.0. The molecule has 2 rings (SSSR count). The molecular weight excluding hydrogens is 506 g/mol. The van der Waals surface area contributed by atoms with E-state index in [0.717, 1.165) is 44.7 Å². The molecule has 2 amide bonds. The summed E-state index contributed by atoms with van der Waals surface area (Å²) < 4.78 is 33.6. The fourth-order valence-electron chi connectivity index (χ4n) is 4.80. The number of ketones is 1. The topological polar surface area (TPSA) is 99.1 Å². The first-order chi connectivity index (χ1) is 18.8. The molecule has 0 spiro atoms. The summed E-state index contributed by atoms with van der Waals surface area (Å²) in [6.45, 7) is 1.43. The van der Waals surface area contributed by atoms with Gasteiger partial charge in [-0.1, -0.05) is 76.2 Å². The van der Waals surface area contributed by atoms with Crippen LogP contribution in [0.4, 0.5) is 13.6 Å². The number of aliphatic hydroxyl groups excluding tert-OH is 2. The zero-order valence-electron chi connectivity index (χ0n) is 23.4. The van der Waals surface area contributed by atoms with Crippen molar-refractivity contribution in [1.82, 2.24) is 10.2 Å². The molecule has 7 nitrogen and oxygen atoms in total. The smallest absolute Gasteiger partial charge is 0.324 e. The number of carbonyl (C=O) groups excluding carboxylic acids is 2. The lowest BCUT2D eigenvalue weighted by molar-refractivity contribution is -0.145. The summed E-state index contributed by atoms with van der Waals surface area (Å²) in [5, 5.41) is 21.3. The average molecular weight is 555 g/mol. The maximum Gasteiger partial charge on any atom is 0.324 e. The molecule has 222 valence electrons. The molecule has 0 aromatic heterocycles. The summed E-state index contributed by atoms with van der Waals surface area (Å²) in [6.07, 6.45) is 21.4. The SMILES string of the molecule is CCCCC/C=C\C/C=C\CCCCCCCCCC(=O)CC1C=CN([C@@H]2O[C@H](CO)[C@@H](O)C2(F)F)C(=O)N1. The van der Waals surface area contributed by atoms with Crippen LogP contribution in [0.1, 0.15) is 103 Å². The van der Waals surface area contributed by atoms with Gasteiger partial charge in [0.15, 0.2) is 6.10 Å². The van der Waals surface area contributed by atoms with Gasteiger partial charge in [-0.15, -0.1) is 0 Å². The number of nitrogens with zero attached hydrogens (tertiary/aromatic N) is 1. The second-order valence-corrected chi connectivity index (χ2v) is 10.6. The average Bonchev–Trinajstić information content (AvgIpc) is 3.14. The molecule has 9 heteroatoms. The van der Waals surface area contributed by atoms with E-state index in [1.165, 1.54) is 51.0 Å². The van der Waals surface area contributed by atoms with E-state index in [2.05, 4.69) is 36.5 Å². The predicted molar refractivity (Wildman–Crippen MR) is 148 cm³/mol. The predicted octanol–water partition coefficient (Wildman–Crippen LogP) is 6.16. The molecule has 2 aliphatic heterocycles. The van der Waals surface area contributed by atoms with E-state index < -0.39 is 43.0 Å². The first-order valence-electron chi connectivity index (χ1n) is 14.7. The van der Waals surface area contributed by atoms with Gasteiger partial charge in [0.2, 0.25) is 6.23 Å². The molecular formula is C30H48F2N2O5. The lowest BCUT2D eigenvalue weighted by Gasteiger charge is -2.33. The Balaban J connectivity index is 1.50. The first-order valence-corrected chi connectivity index (χ1v) is 14.7. The molecule has 0 aromatic carbocycles. The molecule has 0 aromatic rings. The Labute approximate surface area is 232 Å². The van der Waals surface area contributed by atoms with E-state index in [0.29, 0.717) is 11.3 Å². The van der Waals surface area contributed by atoms with Crippen molar-refractivity contribution in [3.8, 4) is 0 Å². The molecule has 2 heterocycles. The van der Waals surface area contributed by atoms with Gasteiger partial charge < -0.3 is 20.3 Å². The zero-order valence-corrected chi connectivity index (χ0v) is 23.4. The summed E-state index contributed by atoms with van der Waals surface area (Å²) in [6, 6.07) is -1.42. The summed E-state index contributed by atoms with van der Waals surface area (Å²) in [5.74, 6) is -3.72. The second-order valence-electron chi connectivity index (χ2n) is 10.6. The number of nitrogens with one attached hydrogen (secondary N) is 1. The molecule has 39 heavy (non-hydrogen) atoms. The molecule has 1 unspecified atom stereocenters. The van der Waals surface area contributed by atoms with Crippen molar-refractivity contribution in [2.75, 3.05) is 6.61 Å². The van der Waals surface area contributed by atoms with Gasteiger partial charge in [-0.3, -0.25) is 9.69 Å². The van der Waals surface area contributed by atoms with Crippen molar-refractivity contribution in [3.63, 3.8) is 0 Å². The molecule has 4 atom stereocenters. The number of rotatable bonds is 20. The number of amides is 2. The van der Waals surface area contributed by atoms with Crippen LogP contribution in [0.15, 0.2) is 36.6 Å². The summed E-state index contributed by atoms with van der Waals surface area (Å²) in [7, 11) is 0. The Morgan fingerprint density at radius 1 is 1.03 bits per heavy atom. The van der Waals surface area contributed by atoms with Crippen LogP contribution < -0.4 is 5.32 Å². The summed E-state index contributed by atoms with van der Waals surface area (Å²) in [5.41, 5.74) is 0. The maximum absolute atomic E-state index is 14.3. The van der Waals surface area contributed by atoms with Gasteiger partial charge >= 0.3 is 12.0 Å². The van der Waals surface area contributed by atoms with Crippen LogP contribution in [0.3, 0.4) is 0 Å². The van der Waals surface area contributed by atoms with Gasteiger partial charge in [0.1, 0.15) is 11.9 Å². The zero-order chi connectivity index (χ0) is 28.5. The normalized spacial score (nSPS) is 24.7. The molecule has 0 aliphatic carbocycles. The molecule has 1 fully saturated rings. The number of carbonyl (C=O) groups is 2. The quantitative estimate of drug-likeness (QED) is 0.124. The highest BCUT2D eigenvalue weighted by Crippen LogP contribution is 2.38. The van der Waals surface area contributed by atoms with Crippen LogP contribution in [-0.2, 0) is 9.53 Å². The summed E-state index contributed by atoms with van der Waals surface area (Å²) >= 11 is 0.